The van der Waals surface area contributed by atoms with Crippen molar-refractivity contribution < 1.29 is 0 Å². The molecular weight excluding hydrogens is 393 g/mol. The van der Waals surface area contributed by atoms with Crippen molar-refractivity contribution in [3.63, 3.8) is 0 Å². The van der Waals surface area contributed by atoms with Crippen LogP contribution < -0.4 is 5.32 Å². The van der Waals surface area contributed by atoms with Crippen LogP contribution in [0.5, 0.6) is 0 Å². The van der Waals surface area contributed by atoms with Crippen molar-refractivity contribution in [3.8, 4) is 0 Å². The third-order valence-electron chi connectivity index (χ3n) is 4.20. The van der Waals surface area contributed by atoms with Crippen LogP contribution in [0.3, 0.4) is 0 Å². The molecule has 1 aromatic carbocycles. The van der Waals surface area contributed by atoms with E-state index in [2.05, 4.69) is 15.3 Å². The third kappa shape index (κ3) is 3.11. The molecule has 0 saturated heterocycles. The molecule has 0 saturated carbocycles. The Morgan fingerprint density at radius 2 is 1.91 bits per heavy atom. The van der Waals surface area contributed by atoms with Gasteiger partial charge in [0, 0.05) is 0 Å². The topological polar surface area (TPSA) is 40.7 Å². The van der Waals surface area contributed by atoms with Crippen LogP contribution in [-0.4, -0.2) is 24.5 Å². The molecule has 3 aromatic rings. The van der Waals surface area contributed by atoms with Gasteiger partial charge in [0.2, 0.25) is 0 Å². The average Bonchev–Trinajstić information content (AvgIpc) is 2.71. The summed E-state index contributed by atoms with van der Waals surface area (Å²) in [6, 6.07) is 7.74. The minimum atomic E-state index is 0.327. The van der Waals surface area contributed by atoms with Gasteiger partial charge in [0.25, 0.3) is 0 Å². The maximum absolute atomic E-state index is 5.98. The van der Waals surface area contributed by atoms with Crippen LogP contribution in [0.1, 0.15) is 29.3 Å². The van der Waals surface area contributed by atoms with Gasteiger partial charge < -0.3 is 0 Å². The van der Waals surface area contributed by atoms with Crippen LogP contribution in [0.25, 0.3) is 9.78 Å². The Bertz CT molecular complexity index is 914. The summed E-state index contributed by atoms with van der Waals surface area (Å²) in [5.41, 5.74) is 2.51. The van der Waals surface area contributed by atoms with E-state index in [1.54, 1.807) is 4.44 Å². The zero-order chi connectivity index (χ0) is 15.8. The second-order valence-electron chi connectivity index (χ2n) is 5.79. The molecule has 4 rings (SSSR count). The van der Waals surface area contributed by atoms with Crippen molar-refractivity contribution in [3.05, 3.63) is 44.1 Å². The predicted molar refractivity (Wildman–Crippen MR) is 99.9 cm³/mol. The van der Waals surface area contributed by atoms with Gasteiger partial charge in [-0.25, -0.2) is 0 Å². The van der Waals surface area contributed by atoms with Crippen LogP contribution in [0, 0.1) is 4.77 Å². The summed E-state index contributed by atoms with van der Waals surface area (Å²) >= 11 is 11.6. The van der Waals surface area contributed by atoms with E-state index in [0.29, 0.717) is 19.3 Å². The molecule has 0 radical (unpaired) electrons. The van der Waals surface area contributed by atoms with Gasteiger partial charge in [-0.2, -0.15) is 0 Å². The summed E-state index contributed by atoms with van der Waals surface area (Å²) in [5, 5.41) is 5.49. The number of halogens is 1. The normalized spacial score (nSPS) is 14.5. The number of aryl methyl sites for hydroxylation is 2. The average molecular weight is 409 g/mol. The number of H-pyrrole nitrogens is 1. The van der Waals surface area contributed by atoms with Crippen LogP contribution in [0.4, 0.5) is 11.5 Å². The van der Waals surface area contributed by atoms with Gasteiger partial charge >= 0.3 is 151 Å². The van der Waals surface area contributed by atoms with E-state index in [4.69, 9.17) is 23.8 Å². The van der Waals surface area contributed by atoms with Crippen molar-refractivity contribution in [1.82, 2.24) is 9.97 Å². The Morgan fingerprint density at radius 3 is 2.74 bits per heavy atom. The summed E-state index contributed by atoms with van der Waals surface area (Å²) in [7, 11) is 0. The van der Waals surface area contributed by atoms with E-state index in [0.717, 1.165) is 22.9 Å². The number of aromatic amines is 1. The molecule has 0 fully saturated rings. The zero-order valence-corrected chi connectivity index (χ0v) is 15.8. The van der Waals surface area contributed by atoms with E-state index < -0.39 is 0 Å². The standard InChI is InChI=1S/C17H16ClN3SSe/c18-10-6-8-11(9-7-10)19-15-14-12-4-2-1-3-5-13(12)23-16(14)21-17(22)20-15/h6-9H,1-5H2,(H2,19,20,21,22). The Morgan fingerprint density at radius 1 is 1.13 bits per heavy atom. The number of fused-ring (bicyclic) bond motifs is 3. The van der Waals surface area contributed by atoms with E-state index in [1.165, 1.54) is 41.0 Å². The summed E-state index contributed by atoms with van der Waals surface area (Å²) in [6.45, 7) is 0. The molecule has 2 N–H and O–H groups in total. The number of aromatic nitrogens is 2. The van der Waals surface area contributed by atoms with Gasteiger partial charge in [-0.3, -0.25) is 0 Å². The fraction of sp³-hybridized carbons (Fsp3) is 0.294. The number of benzene rings is 1. The molecule has 0 spiro atoms. The van der Waals surface area contributed by atoms with Gasteiger partial charge in [-0.15, -0.1) is 0 Å². The van der Waals surface area contributed by atoms with Crippen molar-refractivity contribution in [2.24, 2.45) is 0 Å². The van der Waals surface area contributed by atoms with Crippen LogP contribution in [-0.2, 0) is 12.8 Å². The van der Waals surface area contributed by atoms with Crippen molar-refractivity contribution >= 4 is 59.6 Å². The Balaban J connectivity index is 1.85. The molecule has 23 heavy (non-hydrogen) atoms. The van der Waals surface area contributed by atoms with Gasteiger partial charge in [0.15, 0.2) is 0 Å². The predicted octanol–water partition coefficient (Wildman–Crippen LogP) is 5.02. The number of hydrogen-bond donors (Lipinski definition) is 2. The molecule has 3 nitrogen and oxygen atoms in total. The first-order valence-electron chi connectivity index (χ1n) is 7.78. The van der Waals surface area contributed by atoms with Gasteiger partial charge in [0.1, 0.15) is 0 Å². The quantitative estimate of drug-likeness (QED) is 0.355. The summed E-state index contributed by atoms with van der Waals surface area (Å²) in [4.78, 5) is 7.87. The molecule has 0 unspecified atom stereocenters. The van der Waals surface area contributed by atoms with Crippen molar-refractivity contribution in [1.29, 1.82) is 0 Å². The first-order valence-corrected chi connectivity index (χ1v) is 10.3. The molecule has 2 heterocycles. The molecule has 2 aromatic heterocycles. The molecule has 0 amide bonds. The van der Waals surface area contributed by atoms with E-state index in [1.807, 2.05) is 24.3 Å². The molecular formula is C17H16ClN3SSe. The number of nitrogens with zero attached hydrogens (tertiary/aromatic N) is 1. The fourth-order valence-corrected chi connectivity index (χ4v) is 6.24. The van der Waals surface area contributed by atoms with E-state index in [9.17, 15) is 0 Å². The fourth-order valence-electron chi connectivity index (χ4n) is 3.13. The van der Waals surface area contributed by atoms with Gasteiger partial charge in [0.05, 0.1) is 0 Å². The Kier molecular flexibility index (Phi) is 4.29. The SMILES string of the molecule is S=c1nc2[se]c3c(c2c(Nc2ccc(Cl)cc2)[nH]1)CCCCC3. The zero-order valence-electron chi connectivity index (χ0n) is 12.5. The first kappa shape index (κ1) is 15.4. The minimum absolute atomic E-state index is 0.327. The molecule has 118 valence electrons. The molecule has 1 aliphatic rings. The molecule has 6 heteroatoms. The number of rotatable bonds is 2. The Labute approximate surface area is 150 Å². The Hall–Kier alpha value is -1.13. The maximum atomic E-state index is 5.98. The van der Waals surface area contributed by atoms with Crippen LogP contribution in [0.15, 0.2) is 24.3 Å². The van der Waals surface area contributed by atoms with Gasteiger partial charge in [-0.05, 0) is 0 Å². The van der Waals surface area contributed by atoms with Crippen LogP contribution >= 0.6 is 23.8 Å². The van der Waals surface area contributed by atoms with Crippen molar-refractivity contribution in [2.45, 2.75) is 32.1 Å². The second-order valence-corrected chi connectivity index (χ2v) is 8.89. The van der Waals surface area contributed by atoms with E-state index in [-0.39, 0.29) is 0 Å². The second kappa shape index (κ2) is 6.40. The van der Waals surface area contributed by atoms with Crippen LogP contribution in [0.2, 0.25) is 5.02 Å². The molecule has 0 bridgehead atoms. The van der Waals surface area contributed by atoms with Gasteiger partial charge in [-0.1, -0.05) is 0 Å². The third-order valence-corrected chi connectivity index (χ3v) is 7.13. The number of hydrogen-bond acceptors (Lipinski definition) is 3. The molecule has 0 atom stereocenters. The molecule has 1 aliphatic carbocycles. The number of nitrogens with one attached hydrogen (secondary N) is 2. The molecule has 0 aliphatic heterocycles. The first-order chi connectivity index (χ1) is 11.2. The summed E-state index contributed by atoms with van der Waals surface area (Å²) in [5.74, 6) is 0.982. The monoisotopic (exact) mass is 409 g/mol. The van der Waals surface area contributed by atoms with Crippen molar-refractivity contribution in [2.75, 3.05) is 5.32 Å². The summed E-state index contributed by atoms with van der Waals surface area (Å²) < 4.78 is 3.36. The summed E-state index contributed by atoms with van der Waals surface area (Å²) in [6.07, 6.45) is 6.28. The number of anilines is 2. The van der Waals surface area contributed by atoms with E-state index >= 15 is 0 Å².